The number of unbranched alkanes of at least 4 members (excludes halogenated alkanes) is 1. The Morgan fingerprint density at radius 3 is 2.64 bits per heavy atom. The molecule has 22 heavy (non-hydrogen) atoms. The highest BCUT2D eigenvalue weighted by Crippen LogP contribution is 2.23. The number of hydrogen-bond acceptors (Lipinski definition) is 4. The number of carbonyl (C=O) groups is 1. The topological polar surface area (TPSA) is 95.7 Å². The maximum atomic E-state index is 12.2. The smallest absolute Gasteiger partial charge is 0.321 e. The first-order valence-electron chi connectivity index (χ1n) is 7.47. The number of aliphatic hydroxyl groups is 1. The van der Waals surface area contributed by atoms with Crippen LogP contribution in [-0.4, -0.2) is 40.7 Å². The molecule has 0 saturated heterocycles. The lowest BCUT2D eigenvalue weighted by Gasteiger charge is -2.22. The van der Waals surface area contributed by atoms with E-state index in [4.69, 9.17) is 5.11 Å². The molecule has 0 aliphatic rings. The number of aryl methyl sites for hydroxylation is 1. The molecule has 0 spiro atoms. The molecule has 1 aromatic carbocycles. The molecule has 122 valence electrons. The minimum Gasteiger partial charge on any atom is -0.395 e. The lowest BCUT2D eigenvalue weighted by Crippen LogP contribution is -2.37. The van der Waals surface area contributed by atoms with Gasteiger partial charge in [0, 0.05) is 30.4 Å². The lowest BCUT2D eigenvalue weighted by atomic mass is 10.1. The van der Waals surface area contributed by atoms with E-state index in [-0.39, 0.29) is 24.9 Å². The van der Waals surface area contributed by atoms with E-state index in [1.807, 2.05) is 13.8 Å². The predicted molar refractivity (Wildman–Crippen MR) is 85.1 cm³/mol. The molecule has 0 aliphatic heterocycles. The second-order valence-electron chi connectivity index (χ2n) is 4.95. The van der Waals surface area contributed by atoms with Gasteiger partial charge in [-0.05, 0) is 18.9 Å². The van der Waals surface area contributed by atoms with Gasteiger partial charge in [0.05, 0.1) is 11.5 Å². The van der Waals surface area contributed by atoms with Crippen molar-refractivity contribution in [1.29, 1.82) is 0 Å². The van der Waals surface area contributed by atoms with Gasteiger partial charge >= 0.3 is 6.03 Å². The highest BCUT2D eigenvalue weighted by molar-refractivity contribution is 5.89. The van der Waals surface area contributed by atoms with Crippen molar-refractivity contribution in [2.45, 2.75) is 33.1 Å². The number of aliphatic hydroxyl groups excluding tert-OH is 1. The largest absolute Gasteiger partial charge is 0.395 e. The van der Waals surface area contributed by atoms with E-state index in [1.165, 1.54) is 11.0 Å². The number of urea groups is 1. The van der Waals surface area contributed by atoms with Gasteiger partial charge in [-0.3, -0.25) is 10.1 Å². The van der Waals surface area contributed by atoms with Crippen molar-refractivity contribution in [3.05, 3.63) is 33.9 Å². The minimum absolute atomic E-state index is 0.00238. The molecule has 0 atom stereocenters. The summed E-state index contributed by atoms with van der Waals surface area (Å²) in [4.78, 5) is 24.3. The molecule has 2 amide bonds. The third-order valence-corrected chi connectivity index (χ3v) is 3.35. The van der Waals surface area contributed by atoms with Gasteiger partial charge in [0.2, 0.25) is 0 Å². The monoisotopic (exact) mass is 309 g/mol. The molecular formula is C15H23N3O4. The van der Waals surface area contributed by atoms with Crippen LogP contribution in [0.4, 0.5) is 16.2 Å². The maximum Gasteiger partial charge on any atom is 0.321 e. The summed E-state index contributed by atoms with van der Waals surface area (Å²) in [6.45, 7) is 4.52. The van der Waals surface area contributed by atoms with Crippen molar-refractivity contribution in [1.82, 2.24) is 4.90 Å². The minimum atomic E-state index is -0.447. The van der Waals surface area contributed by atoms with Gasteiger partial charge in [-0.15, -0.1) is 0 Å². The molecule has 1 aromatic rings. The Bertz CT molecular complexity index is 520. The second-order valence-corrected chi connectivity index (χ2v) is 4.95. The van der Waals surface area contributed by atoms with Gasteiger partial charge in [-0.25, -0.2) is 4.79 Å². The van der Waals surface area contributed by atoms with Gasteiger partial charge in [-0.1, -0.05) is 26.3 Å². The number of hydrogen-bond donors (Lipinski definition) is 2. The number of rotatable bonds is 8. The van der Waals surface area contributed by atoms with Crippen LogP contribution in [0, 0.1) is 10.1 Å². The number of nitrogens with zero attached hydrogens (tertiary/aromatic N) is 2. The Labute approximate surface area is 130 Å². The van der Waals surface area contributed by atoms with Crippen molar-refractivity contribution >= 4 is 17.4 Å². The first-order chi connectivity index (χ1) is 10.5. The zero-order chi connectivity index (χ0) is 16.5. The van der Waals surface area contributed by atoms with Crippen molar-refractivity contribution < 1.29 is 14.8 Å². The van der Waals surface area contributed by atoms with Crippen LogP contribution in [0.1, 0.15) is 32.3 Å². The first-order valence-corrected chi connectivity index (χ1v) is 7.47. The SMILES string of the molecule is CCCCN(CCO)C(=O)Nc1ccc(CC)c([N+](=O)[O-])c1. The Morgan fingerprint density at radius 1 is 1.36 bits per heavy atom. The highest BCUT2D eigenvalue weighted by atomic mass is 16.6. The molecule has 0 aromatic heterocycles. The lowest BCUT2D eigenvalue weighted by molar-refractivity contribution is -0.385. The van der Waals surface area contributed by atoms with Gasteiger partial charge in [0.15, 0.2) is 0 Å². The highest BCUT2D eigenvalue weighted by Gasteiger charge is 2.16. The molecular weight excluding hydrogens is 286 g/mol. The van der Waals surface area contributed by atoms with Gasteiger partial charge < -0.3 is 15.3 Å². The van der Waals surface area contributed by atoms with E-state index >= 15 is 0 Å². The van der Waals surface area contributed by atoms with Gasteiger partial charge in [0.1, 0.15) is 0 Å². The molecule has 0 radical (unpaired) electrons. The number of carbonyl (C=O) groups excluding carboxylic acids is 1. The number of anilines is 1. The molecule has 0 aliphatic carbocycles. The zero-order valence-corrected chi connectivity index (χ0v) is 13.0. The second kappa shape index (κ2) is 8.99. The molecule has 0 bridgehead atoms. The standard InChI is InChI=1S/C15H23N3O4/c1-3-5-8-17(9-10-19)15(20)16-13-7-6-12(4-2)14(11-13)18(21)22/h6-7,11,19H,3-5,8-10H2,1-2H3,(H,16,20). The van der Waals surface area contributed by atoms with E-state index < -0.39 is 4.92 Å². The summed E-state index contributed by atoms with van der Waals surface area (Å²) in [5, 5.41) is 22.7. The van der Waals surface area contributed by atoms with Crippen LogP contribution in [0.3, 0.4) is 0 Å². The van der Waals surface area contributed by atoms with Crippen molar-refractivity contribution in [2.24, 2.45) is 0 Å². The summed E-state index contributed by atoms with van der Waals surface area (Å²) in [7, 11) is 0. The average Bonchev–Trinajstić information content (AvgIpc) is 2.51. The number of nitrogens with one attached hydrogen (secondary N) is 1. The molecule has 1 rings (SSSR count). The van der Waals surface area contributed by atoms with Crippen LogP contribution in [0.5, 0.6) is 0 Å². The number of amides is 2. The third-order valence-electron chi connectivity index (χ3n) is 3.35. The Kier molecular flexibility index (Phi) is 7.31. The first kappa shape index (κ1) is 17.9. The van der Waals surface area contributed by atoms with Crippen molar-refractivity contribution in [3.63, 3.8) is 0 Å². The maximum absolute atomic E-state index is 12.2. The average molecular weight is 309 g/mol. The third kappa shape index (κ3) is 5.00. The quantitative estimate of drug-likeness (QED) is 0.570. The fraction of sp³-hybridized carbons (Fsp3) is 0.533. The molecule has 7 nitrogen and oxygen atoms in total. The molecule has 0 unspecified atom stereocenters. The van der Waals surface area contributed by atoms with Crippen LogP contribution in [0.15, 0.2) is 18.2 Å². The molecule has 7 heteroatoms. The summed E-state index contributed by atoms with van der Waals surface area (Å²) in [5.74, 6) is 0. The van der Waals surface area contributed by atoms with Crippen molar-refractivity contribution in [2.75, 3.05) is 25.0 Å². The molecule has 2 N–H and O–H groups in total. The van der Waals surface area contributed by atoms with Crippen LogP contribution in [0.25, 0.3) is 0 Å². The number of nitro benzene ring substituents is 1. The van der Waals surface area contributed by atoms with Crippen LogP contribution < -0.4 is 5.32 Å². The van der Waals surface area contributed by atoms with E-state index in [0.717, 1.165) is 12.8 Å². The van der Waals surface area contributed by atoms with Crippen LogP contribution in [-0.2, 0) is 6.42 Å². The van der Waals surface area contributed by atoms with E-state index in [1.54, 1.807) is 12.1 Å². The fourth-order valence-corrected chi connectivity index (χ4v) is 2.10. The fourth-order valence-electron chi connectivity index (χ4n) is 2.10. The van der Waals surface area contributed by atoms with Crippen molar-refractivity contribution in [3.8, 4) is 0 Å². The van der Waals surface area contributed by atoms with Crippen LogP contribution >= 0.6 is 0 Å². The Balaban J connectivity index is 2.85. The summed E-state index contributed by atoms with van der Waals surface area (Å²) in [6.07, 6.45) is 2.33. The van der Waals surface area contributed by atoms with Crippen LogP contribution in [0.2, 0.25) is 0 Å². The summed E-state index contributed by atoms with van der Waals surface area (Å²) in [6, 6.07) is 4.31. The summed E-state index contributed by atoms with van der Waals surface area (Å²) in [5.41, 5.74) is 1.01. The van der Waals surface area contributed by atoms with E-state index in [0.29, 0.717) is 24.2 Å². The van der Waals surface area contributed by atoms with E-state index in [2.05, 4.69) is 5.32 Å². The van der Waals surface area contributed by atoms with Gasteiger partial charge in [-0.2, -0.15) is 0 Å². The van der Waals surface area contributed by atoms with Gasteiger partial charge in [0.25, 0.3) is 5.69 Å². The summed E-state index contributed by atoms with van der Waals surface area (Å²) >= 11 is 0. The zero-order valence-electron chi connectivity index (χ0n) is 13.0. The molecule has 0 heterocycles. The Hall–Kier alpha value is -2.15. The predicted octanol–water partition coefficient (Wildman–Crippen LogP) is 2.78. The molecule has 0 saturated carbocycles. The Morgan fingerprint density at radius 2 is 2.09 bits per heavy atom. The number of benzene rings is 1. The molecule has 0 fully saturated rings. The number of nitro groups is 1. The normalized spacial score (nSPS) is 10.3. The van der Waals surface area contributed by atoms with E-state index in [9.17, 15) is 14.9 Å². The summed E-state index contributed by atoms with van der Waals surface area (Å²) < 4.78 is 0.